The number of hydrogen-bond donors (Lipinski definition) is 2. The van der Waals surface area contributed by atoms with Gasteiger partial charge in [-0.15, -0.1) is 0 Å². The highest BCUT2D eigenvalue weighted by Crippen LogP contribution is 2.47. The van der Waals surface area contributed by atoms with Crippen LogP contribution in [0, 0.1) is 17.8 Å². The molecular formula is C17H18O5. The molecule has 0 saturated heterocycles. The fourth-order valence-electron chi connectivity index (χ4n) is 3.77. The van der Waals surface area contributed by atoms with Crippen LogP contribution in [0.1, 0.15) is 24.0 Å². The average molecular weight is 302 g/mol. The number of fused-ring (bicyclic) bond motifs is 3. The van der Waals surface area contributed by atoms with Gasteiger partial charge in [-0.05, 0) is 54.0 Å². The number of carboxylic acids is 2. The Kier molecular flexibility index (Phi) is 3.64. The van der Waals surface area contributed by atoms with Crippen LogP contribution < -0.4 is 4.74 Å². The Morgan fingerprint density at radius 3 is 2.64 bits per heavy atom. The maximum Gasteiger partial charge on any atom is 0.308 e. The van der Waals surface area contributed by atoms with E-state index in [0.29, 0.717) is 6.42 Å². The first-order valence-electron chi connectivity index (χ1n) is 7.36. The number of methoxy groups -OCH3 is 1. The van der Waals surface area contributed by atoms with Crippen molar-refractivity contribution in [2.45, 2.75) is 19.3 Å². The third kappa shape index (κ3) is 2.26. The van der Waals surface area contributed by atoms with Gasteiger partial charge in [-0.1, -0.05) is 12.1 Å². The minimum Gasteiger partial charge on any atom is -0.497 e. The molecule has 0 saturated carbocycles. The van der Waals surface area contributed by atoms with E-state index in [4.69, 9.17) is 4.74 Å². The molecule has 2 N–H and O–H groups in total. The molecule has 2 aliphatic rings. The quantitative estimate of drug-likeness (QED) is 0.896. The molecule has 5 nitrogen and oxygen atoms in total. The normalized spacial score (nSPS) is 26.4. The lowest BCUT2D eigenvalue weighted by molar-refractivity contribution is -0.155. The van der Waals surface area contributed by atoms with Crippen LogP contribution in [0.25, 0.3) is 5.57 Å². The van der Waals surface area contributed by atoms with Crippen LogP contribution >= 0.6 is 0 Å². The molecule has 0 aliphatic heterocycles. The number of aryl methyl sites for hydroxylation is 1. The molecule has 0 bridgehead atoms. The van der Waals surface area contributed by atoms with Crippen LogP contribution in [-0.4, -0.2) is 29.3 Å². The summed E-state index contributed by atoms with van der Waals surface area (Å²) >= 11 is 0. The smallest absolute Gasteiger partial charge is 0.308 e. The van der Waals surface area contributed by atoms with Gasteiger partial charge in [-0.2, -0.15) is 0 Å². The molecule has 0 amide bonds. The molecule has 2 aliphatic carbocycles. The molecule has 3 unspecified atom stereocenters. The summed E-state index contributed by atoms with van der Waals surface area (Å²) in [5.41, 5.74) is 3.15. The maximum atomic E-state index is 11.6. The van der Waals surface area contributed by atoms with Gasteiger partial charge in [0.2, 0.25) is 0 Å². The van der Waals surface area contributed by atoms with Crippen LogP contribution in [0.2, 0.25) is 0 Å². The Bertz CT molecular complexity index is 661. The second kappa shape index (κ2) is 5.48. The summed E-state index contributed by atoms with van der Waals surface area (Å²) < 4.78 is 5.23. The van der Waals surface area contributed by atoms with Crippen molar-refractivity contribution in [3.8, 4) is 5.75 Å². The van der Waals surface area contributed by atoms with Crippen molar-refractivity contribution < 1.29 is 24.5 Å². The minimum atomic E-state index is -1.02. The topological polar surface area (TPSA) is 83.8 Å². The van der Waals surface area contributed by atoms with Crippen molar-refractivity contribution in [1.29, 1.82) is 0 Å². The fourth-order valence-corrected chi connectivity index (χ4v) is 3.77. The molecule has 3 rings (SSSR count). The summed E-state index contributed by atoms with van der Waals surface area (Å²) in [6, 6.07) is 5.79. The Morgan fingerprint density at radius 1 is 1.23 bits per heavy atom. The maximum absolute atomic E-state index is 11.6. The van der Waals surface area contributed by atoms with Crippen molar-refractivity contribution in [1.82, 2.24) is 0 Å². The van der Waals surface area contributed by atoms with Gasteiger partial charge in [-0.25, -0.2) is 0 Å². The van der Waals surface area contributed by atoms with E-state index in [0.717, 1.165) is 28.9 Å². The number of carbonyl (C=O) groups is 2. The predicted molar refractivity (Wildman–Crippen MR) is 79.7 cm³/mol. The molecule has 5 heteroatoms. The molecular weight excluding hydrogens is 284 g/mol. The molecule has 22 heavy (non-hydrogen) atoms. The van der Waals surface area contributed by atoms with E-state index in [9.17, 15) is 19.8 Å². The van der Waals surface area contributed by atoms with Crippen molar-refractivity contribution in [3.63, 3.8) is 0 Å². The lowest BCUT2D eigenvalue weighted by atomic mass is 9.65. The Labute approximate surface area is 128 Å². The van der Waals surface area contributed by atoms with Crippen LogP contribution in [0.3, 0.4) is 0 Å². The van der Waals surface area contributed by atoms with E-state index in [1.165, 1.54) is 0 Å². The molecule has 3 atom stereocenters. The summed E-state index contributed by atoms with van der Waals surface area (Å²) in [7, 11) is 1.62. The highest BCUT2D eigenvalue weighted by atomic mass is 16.5. The molecule has 0 heterocycles. The SMILES string of the molecule is COc1ccc2c(c1)CCC1C2=CCC(C(=O)O)C1C(=O)O. The first-order valence-corrected chi connectivity index (χ1v) is 7.36. The third-order valence-corrected chi connectivity index (χ3v) is 4.81. The second-order valence-corrected chi connectivity index (χ2v) is 5.87. The van der Waals surface area contributed by atoms with Gasteiger partial charge < -0.3 is 14.9 Å². The monoisotopic (exact) mass is 302 g/mol. The molecule has 0 fully saturated rings. The molecule has 0 radical (unpaired) electrons. The van der Waals surface area contributed by atoms with Crippen molar-refractivity contribution >= 4 is 17.5 Å². The van der Waals surface area contributed by atoms with E-state index < -0.39 is 23.8 Å². The Balaban J connectivity index is 2.04. The van der Waals surface area contributed by atoms with Crippen LogP contribution in [-0.2, 0) is 16.0 Å². The molecule has 1 aromatic carbocycles. The zero-order chi connectivity index (χ0) is 15.9. The molecule has 0 aromatic heterocycles. The summed E-state index contributed by atoms with van der Waals surface area (Å²) in [5, 5.41) is 18.8. The van der Waals surface area contributed by atoms with Crippen LogP contribution in [0.5, 0.6) is 5.75 Å². The minimum absolute atomic E-state index is 0.228. The van der Waals surface area contributed by atoms with E-state index in [-0.39, 0.29) is 12.3 Å². The van der Waals surface area contributed by atoms with Crippen LogP contribution in [0.4, 0.5) is 0 Å². The predicted octanol–water partition coefficient (Wildman–Crippen LogP) is 2.45. The van der Waals surface area contributed by atoms with Gasteiger partial charge in [0.05, 0.1) is 18.9 Å². The Morgan fingerprint density at radius 2 is 2.00 bits per heavy atom. The van der Waals surface area contributed by atoms with Gasteiger partial charge in [0.25, 0.3) is 0 Å². The first-order chi connectivity index (χ1) is 10.5. The number of rotatable bonds is 3. The summed E-state index contributed by atoms with van der Waals surface area (Å²) in [6.45, 7) is 0. The Hall–Kier alpha value is -2.30. The molecule has 0 spiro atoms. The lowest BCUT2D eigenvalue weighted by Crippen LogP contribution is -2.39. The van der Waals surface area contributed by atoms with Gasteiger partial charge in [0, 0.05) is 0 Å². The number of allylic oxidation sites excluding steroid dienone is 2. The number of ether oxygens (including phenoxy) is 1. The largest absolute Gasteiger partial charge is 0.497 e. The molecule has 1 aromatic rings. The standard InChI is InChI=1S/C17H18O5/c1-22-10-3-5-11-9(8-10)2-4-13-12(11)6-7-14(16(18)19)15(13)17(20)21/h3,5-6,8,13-15H,2,4,7H2,1H3,(H,18,19)(H,20,21). The number of aliphatic carboxylic acids is 2. The van der Waals surface area contributed by atoms with E-state index >= 15 is 0 Å². The first kappa shape index (κ1) is 14.6. The van der Waals surface area contributed by atoms with E-state index in [1.54, 1.807) is 7.11 Å². The summed E-state index contributed by atoms with van der Waals surface area (Å²) in [4.78, 5) is 23.0. The van der Waals surface area contributed by atoms with Gasteiger partial charge in [-0.3, -0.25) is 9.59 Å². The summed E-state index contributed by atoms with van der Waals surface area (Å²) in [5.74, 6) is -3.18. The highest BCUT2D eigenvalue weighted by Gasteiger charge is 2.44. The van der Waals surface area contributed by atoms with Gasteiger partial charge in [0.1, 0.15) is 5.75 Å². The average Bonchev–Trinajstić information content (AvgIpc) is 2.52. The number of carboxylic acid groups (broad SMARTS) is 2. The molecule has 116 valence electrons. The highest BCUT2D eigenvalue weighted by molar-refractivity contribution is 5.86. The fraction of sp³-hybridized carbons (Fsp3) is 0.412. The van der Waals surface area contributed by atoms with Crippen molar-refractivity contribution in [2.75, 3.05) is 7.11 Å². The number of hydrogen-bond acceptors (Lipinski definition) is 3. The van der Waals surface area contributed by atoms with E-state index in [1.807, 2.05) is 24.3 Å². The van der Waals surface area contributed by atoms with Gasteiger partial charge in [0.15, 0.2) is 0 Å². The lowest BCUT2D eigenvalue weighted by Gasteiger charge is -2.38. The van der Waals surface area contributed by atoms with Crippen molar-refractivity contribution in [3.05, 3.63) is 35.4 Å². The second-order valence-electron chi connectivity index (χ2n) is 5.87. The zero-order valence-electron chi connectivity index (χ0n) is 12.3. The van der Waals surface area contributed by atoms with E-state index in [2.05, 4.69) is 0 Å². The van der Waals surface area contributed by atoms with Crippen molar-refractivity contribution in [2.24, 2.45) is 17.8 Å². The summed E-state index contributed by atoms with van der Waals surface area (Å²) in [6.07, 6.45) is 3.58. The zero-order valence-corrected chi connectivity index (χ0v) is 12.3. The third-order valence-electron chi connectivity index (χ3n) is 4.81. The van der Waals surface area contributed by atoms with Gasteiger partial charge >= 0.3 is 11.9 Å². The van der Waals surface area contributed by atoms with Crippen LogP contribution in [0.15, 0.2) is 24.3 Å². The number of benzene rings is 1.